The Morgan fingerprint density at radius 2 is 2.33 bits per heavy atom. The number of hydrogen-bond acceptors (Lipinski definition) is 4. The van der Waals surface area contributed by atoms with E-state index in [4.69, 9.17) is 4.74 Å². The predicted octanol–water partition coefficient (Wildman–Crippen LogP) is 2.17. The van der Waals surface area contributed by atoms with Crippen molar-refractivity contribution in [2.24, 2.45) is 7.05 Å². The molecule has 0 atom stereocenters. The number of ether oxygens (including phenoxy) is 1. The molecule has 5 nitrogen and oxygen atoms in total. The minimum atomic E-state index is -0.201. The molecule has 0 saturated carbocycles. The number of hydrogen-bond donors (Lipinski definition) is 1. The fourth-order valence-electron chi connectivity index (χ4n) is 1.41. The largest absolute Gasteiger partial charge is 0.496 e. The van der Waals surface area contributed by atoms with Gasteiger partial charge in [-0.15, -0.1) is 5.10 Å². The molecule has 0 spiro atoms. The normalized spacial score (nSPS) is 10.6. The van der Waals surface area contributed by atoms with Crippen molar-refractivity contribution in [2.75, 3.05) is 7.11 Å². The summed E-state index contributed by atoms with van der Waals surface area (Å²) in [6.07, 6.45) is 0. The number of nitrogens with one attached hydrogen (secondary N) is 1. The monoisotopic (exact) mass is 329 g/mol. The third-order valence-electron chi connectivity index (χ3n) is 2.42. The third-order valence-corrected chi connectivity index (χ3v) is 4.14. The number of aromatic amines is 1. The summed E-state index contributed by atoms with van der Waals surface area (Å²) in [5.74, 6) is 1.54. The van der Waals surface area contributed by atoms with Crippen molar-refractivity contribution in [1.82, 2.24) is 14.8 Å². The van der Waals surface area contributed by atoms with Crippen LogP contribution >= 0.6 is 27.7 Å². The van der Waals surface area contributed by atoms with Gasteiger partial charge in [-0.2, -0.15) is 0 Å². The lowest BCUT2D eigenvalue weighted by Crippen LogP contribution is -2.12. The van der Waals surface area contributed by atoms with E-state index in [1.165, 1.54) is 16.3 Å². The first-order chi connectivity index (χ1) is 8.61. The molecule has 7 heteroatoms. The first-order valence-electron chi connectivity index (χ1n) is 5.18. The fraction of sp³-hybridized carbons (Fsp3) is 0.273. The van der Waals surface area contributed by atoms with Crippen LogP contribution < -0.4 is 10.4 Å². The zero-order chi connectivity index (χ0) is 13.1. The lowest BCUT2D eigenvalue weighted by molar-refractivity contribution is 0.412. The quantitative estimate of drug-likeness (QED) is 0.873. The second-order valence-corrected chi connectivity index (χ2v) is 5.42. The molecule has 96 valence electrons. The molecule has 0 amide bonds. The van der Waals surface area contributed by atoms with Gasteiger partial charge in [-0.25, -0.2) is 9.89 Å². The molecule has 1 N–H and O–H groups in total. The highest BCUT2D eigenvalue weighted by Gasteiger charge is 2.06. The van der Waals surface area contributed by atoms with Crippen LogP contribution in [-0.4, -0.2) is 21.9 Å². The summed E-state index contributed by atoms with van der Waals surface area (Å²) >= 11 is 4.94. The fourth-order valence-corrected chi connectivity index (χ4v) is 2.86. The Kier molecular flexibility index (Phi) is 4.13. The number of thioether (sulfide) groups is 1. The number of benzene rings is 1. The van der Waals surface area contributed by atoms with Crippen LogP contribution in [0, 0.1) is 0 Å². The lowest BCUT2D eigenvalue weighted by Gasteiger charge is -2.05. The summed E-state index contributed by atoms with van der Waals surface area (Å²) in [5, 5.41) is 7.02. The molecule has 1 aromatic heterocycles. The molecule has 0 saturated heterocycles. The van der Waals surface area contributed by atoms with E-state index in [2.05, 4.69) is 26.1 Å². The van der Waals surface area contributed by atoms with Gasteiger partial charge in [0.15, 0.2) is 5.16 Å². The first-order valence-corrected chi connectivity index (χ1v) is 6.96. The van der Waals surface area contributed by atoms with Gasteiger partial charge in [-0.3, -0.25) is 4.57 Å². The highest BCUT2D eigenvalue weighted by molar-refractivity contribution is 9.10. The summed E-state index contributed by atoms with van der Waals surface area (Å²) in [5.41, 5.74) is 0.927. The Morgan fingerprint density at radius 3 is 2.89 bits per heavy atom. The van der Waals surface area contributed by atoms with Crippen molar-refractivity contribution in [3.05, 3.63) is 38.7 Å². The molecule has 0 aliphatic rings. The Morgan fingerprint density at radius 1 is 1.56 bits per heavy atom. The standard InChI is InChI=1S/C11H12BrN3O2S/c1-15-10(16)13-14-11(15)18-6-7-3-4-9(17-2)8(12)5-7/h3-5H,6H2,1-2H3,(H,13,16). The van der Waals surface area contributed by atoms with Gasteiger partial charge in [0.25, 0.3) is 0 Å². The van der Waals surface area contributed by atoms with Gasteiger partial charge < -0.3 is 4.74 Å². The molecule has 2 aromatic rings. The van der Waals surface area contributed by atoms with Gasteiger partial charge in [0.2, 0.25) is 0 Å². The highest BCUT2D eigenvalue weighted by Crippen LogP contribution is 2.28. The number of rotatable bonds is 4. The number of methoxy groups -OCH3 is 1. The average Bonchev–Trinajstić information content (AvgIpc) is 2.68. The summed E-state index contributed by atoms with van der Waals surface area (Å²) in [7, 11) is 3.33. The van der Waals surface area contributed by atoms with Crippen LogP contribution in [0.5, 0.6) is 5.75 Å². The molecule has 1 heterocycles. The Labute approximate surface area is 117 Å². The maximum Gasteiger partial charge on any atom is 0.343 e. The smallest absolute Gasteiger partial charge is 0.343 e. The van der Waals surface area contributed by atoms with Crippen LogP contribution in [0.2, 0.25) is 0 Å². The van der Waals surface area contributed by atoms with Crippen LogP contribution in [0.15, 0.2) is 32.6 Å². The number of H-pyrrole nitrogens is 1. The van der Waals surface area contributed by atoms with Crippen molar-refractivity contribution in [3.63, 3.8) is 0 Å². The topological polar surface area (TPSA) is 59.9 Å². The Bertz CT molecular complexity index is 609. The molecule has 0 radical (unpaired) electrons. The SMILES string of the molecule is COc1ccc(CSc2n[nH]c(=O)n2C)cc1Br. The van der Waals surface area contributed by atoms with Crippen LogP contribution in [0.3, 0.4) is 0 Å². The third kappa shape index (κ3) is 2.78. The van der Waals surface area contributed by atoms with Gasteiger partial charge in [0, 0.05) is 12.8 Å². The van der Waals surface area contributed by atoms with E-state index in [9.17, 15) is 4.79 Å². The maximum absolute atomic E-state index is 11.2. The average molecular weight is 330 g/mol. The maximum atomic E-state index is 11.2. The van der Waals surface area contributed by atoms with E-state index in [-0.39, 0.29) is 5.69 Å². The summed E-state index contributed by atoms with van der Waals surface area (Å²) < 4.78 is 7.57. The van der Waals surface area contributed by atoms with Crippen molar-refractivity contribution < 1.29 is 4.74 Å². The van der Waals surface area contributed by atoms with Crippen molar-refractivity contribution in [3.8, 4) is 5.75 Å². The molecule has 0 aliphatic heterocycles. The van der Waals surface area contributed by atoms with Gasteiger partial charge in [-0.1, -0.05) is 17.8 Å². The van der Waals surface area contributed by atoms with Gasteiger partial charge >= 0.3 is 5.69 Å². The highest BCUT2D eigenvalue weighted by atomic mass is 79.9. The van der Waals surface area contributed by atoms with Gasteiger partial charge in [0.05, 0.1) is 11.6 Å². The zero-order valence-electron chi connectivity index (χ0n) is 9.94. The molecular weight excluding hydrogens is 318 g/mol. The molecule has 0 bridgehead atoms. The van der Waals surface area contributed by atoms with E-state index in [1.807, 2.05) is 18.2 Å². The molecule has 0 unspecified atom stereocenters. The molecule has 1 aromatic carbocycles. The minimum absolute atomic E-state index is 0.201. The van der Waals surface area contributed by atoms with Crippen LogP contribution in [0.25, 0.3) is 0 Å². The minimum Gasteiger partial charge on any atom is -0.496 e. The second kappa shape index (κ2) is 5.62. The van der Waals surface area contributed by atoms with Crippen molar-refractivity contribution in [1.29, 1.82) is 0 Å². The summed E-state index contributed by atoms with van der Waals surface area (Å²) in [6.45, 7) is 0. The van der Waals surface area contributed by atoms with Crippen molar-refractivity contribution >= 4 is 27.7 Å². The Hall–Kier alpha value is -1.21. The van der Waals surface area contributed by atoms with E-state index in [1.54, 1.807) is 14.2 Å². The number of halogens is 1. The van der Waals surface area contributed by atoms with E-state index in [0.717, 1.165) is 21.5 Å². The lowest BCUT2D eigenvalue weighted by atomic mass is 10.2. The zero-order valence-corrected chi connectivity index (χ0v) is 12.3. The van der Waals surface area contributed by atoms with E-state index >= 15 is 0 Å². The molecular formula is C11H12BrN3O2S. The van der Waals surface area contributed by atoms with Crippen LogP contribution in [0.4, 0.5) is 0 Å². The Balaban J connectivity index is 2.09. The predicted molar refractivity (Wildman–Crippen MR) is 74.1 cm³/mol. The van der Waals surface area contributed by atoms with Gasteiger partial charge in [0.1, 0.15) is 5.75 Å². The summed E-state index contributed by atoms with van der Waals surface area (Å²) in [6, 6.07) is 5.89. The van der Waals surface area contributed by atoms with Gasteiger partial charge in [-0.05, 0) is 33.6 Å². The molecule has 18 heavy (non-hydrogen) atoms. The summed E-state index contributed by atoms with van der Waals surface area (Å²) in [4.78, 5) is 11.2. The van der Waals surface area contributed by atoms with E-state index in [0.29, 0.717) is 5.16 Å². The number of nitrogens with zero attached hydrogens (tertiary/aromatic N) is 2. The molecule has 0 fully saturated rings. The van der Waals surface area contributed by atoms with Crippen LogP contribution in [0.1, 0.15) is 5.56 Å². The molecule has 0 aliphatic carbocycles. The van der Waals surface area contributed by atoms with Crippen molar-refractivity contribution in [2.45, 2.75) is 10.9 Å². The first kappa shape index (κ1) is 13.2. The molecule has 2 rings (SSSR count). The second-order valence-electron chi connectivity index (χ2n) is 3.63. The van der Waals surface area contributed by atoms with E-state index < -0.39 is 0 Å². The van der Waals surface area contributed by atoms with Crippen LogP contribution in [-0.2, 0) is 12.8 Å². The number of aromatic nitrogens is 3.